The molecule has 1 aromatic rings. The summed E-state index contributed by atoms with van der Waals surface area (Å²) in [5.41, 5.74) is 0.884. The molecule has 0 bridgehead atoms. The summed E-state index contributed by atoms with van der Waals surface area (Å²) in [5, 5.41) is 5.13. The lowest BCUT2D eigenvalue weighted by Crippen LogP contribution is -2.58. The monoisotopic (exact) mass is 477 g/mol. The molecule has 0 radical (unpaired) electrons. The summed E-state index contributed by atoms with van der Waals surface area (Å²) in [4.78, 5) is 52.4. The minimum atomic E-state index is -1.05. The lowest BCUT2D eigenvalue weighted by atomic mass is 9.92. The standard InChI is InChI=1S/C25H39N3O6/c1-15-11-12-18(16(2)13-15)20(21(30)26-14-19(29)33-10)28(24(4,5)6)22(31)17(3)27-23(32)34-25(7,8)9/h11-13,17,20H,14H2,1-10H3,(H,26,30)(H,27,32). The zero-order chi connectivity index (χ0) is 26.4. The lowest BCUT2D eigenvalue weighted by Gasteiger charge is -2.43. The maximum atomic E-state index is 13.7. The third kappa shape index (κ3) is 8.35. The lowest BCUT2D eigenvalue weighted by molar-refractivity contribution is -0.149. The van der Waals surface area contributed by atoms with Crippen LogP contribution in [0.5, 0.6) is 0 Å². The summed E-state index contributed by atoms with van der Waals surface area (Å²) in [5.74, 6) is -1.62. The van der Waals surface area contributed by atoms with Crippen LogP contribution in [-0.2, 0) is 23.9 Å². The third-order valence-corrected chi connectivity index (χ3v) is 4.92. The van der Waals surface area contributed by atoms with E-state index in [2.05, 4.69) is 15.4 Å². The summed E-state index contributed by atoms with van der Waals surface area (Å²) in [6.45, 7) is 15.6. The molecule has 0 heterocycles. The fourth-order valence-corrected chi connectivity index (χ4v) is 3.46. The maximum Gasteiger partial charge on any atom is 0.408 e. The number of rotatable bonds is 7. The number of amides is 3. The van der Waals surface area contributed by atoms with Gasteiger partial charge < -0.3 is 25.0 Å². The van der Waals surface area contributed by atoms with Crippen LogP contribution in [0.25, 0.3) is 0 Å². The Hall–Kier alpha value is -3.10. The Balaban J connectivity index is 3.45. The smallest absolute Gasteiger partial charge is 0.408 e. The summed E-state index contributed by atoms with van der Waals surface area (Å²) >= 11 is 0. The van der Waals surface area contributed by atoms with Gasteiger partial charge in [0.25, 0.3) is 0 Å². The number of hydrogen-bond donors (Lipinski definition) is 2. The number of hydrogen-bond acceptors (Lipinski definition) is 6. The quantitative estimate of drug-likeness (QED) is 0.583. The molecule has 3 amide bonds. The number of alkyl carbamates (subject to hydrolysis) is 1. The number of carbonyl (C=O) groups excluding carboxylic acids is 4. The van der Waals surface area contributed by atoms with Crippen LogP contribution in [0.1, 0.15) is 71.2 Å². The molecule has 0 aliphatic rings. The van der Waals surface area contributed by atoms with Gasteiger partial charge in [-0.3, -0.25) is 14.4 Å². The van der Waals surface area contributed by atoms with Crippen molar-refractivity contribution in [2.24, 2.45) is 0 Å². The van der Waals surface area contributed by atoms with E-state index in [1.165, 1.54) is 18.9 Å². The number of benzene rings is 1. The second-order valence-electron chi connectivity index (χ2n) is 10.3. The fourth-order valence-electron chi connectivity index (χ4n) is 3.46. The maximum absolute atomic E-state index is 13.7. The van der Waals surface area contributed by atoms with E-state index in [0.29, 0.717) is 5.56 Å². The van der Waals surface area contributed by atoms with Crippen LogP contribution in [-0.4, -0.2) is 59.6 Å². The SMILES string of the molecule is COC(=O)CNC(=O)C(c1ccc(C)cc1C)N(C(=O)C(C)NC(=O)OC(C)(C)C)C(C)(C)C. The Morgan fingerprint density at radius 1 is 1.03 bits per heavy atom. The van der Waals surface area contributed by atoms with Gasteiger partial charge in [0, 0.05) is 5.54 Å². The molecule has 0 saturated carbocycles. The minimum Gasteiger partial charge on any atom is -0.468 e. The zero-order valence-electron chi connectivity index (χ0n) is 22.0. The van der Waals surface area contributed by atoms with Gasteiger partial charge in [-0.1, -0.05) is 23.8 Å². The summed E-state index contributed by atoms with van der Waals surface area (Å²) in [6.07, 6.45) is -0.736. The number of nitrogens with one attached hydrogen (secondary N) is 2. The van der Waals surface area contributed by atoms with Crippen LogP contribution >= 0.6 is 0 Å². The van der Waals surface area contributed by atoms with Crippen molar-refractivity contribution in [3.63, 3.8) is 0 Å². The Labute approximate surface area is 202 Å². The highest BCUT2D eigenvalue weighted by molar-refractivity contribution is 5.93. The van der Waals surface area contributed by atoms with Gasteiger partial charge >= 0.3 is 12.1 Å². The summed E-state index contributed by atoms with van der Waals surface area (Å²) < 4.78 is 9.90. The molecule has 9 heteroatoms. The van der Waals surface area contributed by atoms with E-state index in [0.717, 1.165) is 11.1 Å². The molecule has 190 valence electrons. The Morgan fingerprint density at radius 3 is 2.09 bits per heavy atom. The third-order valence-electron chi connectivity index (χ3n) is 4.92. The first-order valence-corrected chi connectivity index (χ1v) is 11.2. The molecule has 2 N–H and O–H groups in total. The fraction of sp³-hybridized carbons (Fsp3) is 0.600. The highest BCUT2D eigenvalue weighted by Gasteiger charge is 2.41. The topological polar surface area (TPSA) is 114 Å². The van der Waals surface area contributed by atoms with Gasteiger partial charge in [-0.25, -0.2) is 4.79 Å². The predicted molar refractivity (Wildman–Crippen MR) is 129 cm³/mol. The van der Waals surface area contributed by atoms with Gasteiger partial charge in [0.05, 0.1) is 7.11 Å². The Morgan fingerprint density at radius 2 is 1.62 bits per heavy atom. The highest BCUT2D eigenvalue weighted by Crippen LogP contribution is 2.32. The average Bonchev–Trinajstić information content (AvgIpc) is 2.67. The van der Waals surface area contributed by atoms with Crippen LogP contribution in [0, 0.1) is 13.8 Å². The number of carbonyl (C=O) groups is 4. The van der Waals surface area contributed by atoms with E-state index in [9.17, 15) is 19.2 Å². The molecular weight excluding hydrogens is 438 g/mol. The van der Waals surface area contributed by atoms with Gasteiger partial charge in [-0.15, -0.1) is 0 Å². The predicted octanol–water partition coefficient (Wildman–Crippen LogP) is 3.17. The van der Waals surface area contributed by atoms with Crippen molar-refractivity contribution in [2.75, 3.05) is 13.7 Å². The van der Waals surface area contributed by atoms with E-state index < -0.39 is 47.1 Å². The van der Waals surface area contributed by atoms with Crippen molar-refractivity contribution in [3.8, 4) is 0 Å². The first-order chi connectivity index (χ1) is 15.5. The van der Waals surface area contributed by atoms with E-state index in [1.54, 1.807) is 47.6 Å². The van der Waals surface area contributed by atoms with E-state index in [1.807, 2.05) is 26.0 Å². The molecule has 0 spiro atoms. The average molecular weight is 478 g/mol. The number of methoxy groups -OCH3 is 1. The van der Waals surface area contributed by atoms with Gasteiger partial charge in [0.2, 0.25) is 11.8 Å². The molecule has 9 nitrogen and oxygen atoms in total. The van der Waals surface area contributed by atoms with Crippen LogP contribution in [0.15, 0.2) is 18.2 Å². The van der Waals surface area contributed by atoms with E-state index >= 15 is 0 Å². The molecule has 2 unspecified atom stereocenters. The number of esters is 1. The summed E-state index contributed by atoms with van der Waals surface area (Å²) in [7, 11) is 1.23. The Kier molecular flexibility index (Phi) is 9.66. The van der Waals surface area contributed by atoms with E-state index in [4.69, 9.17) is 4.74 Å². The minimum absolute atomic E-state index is 0.339. The molecule has 34 heavy (non-hydrogen) atoms. The van der Waals surface area contributed by atoms with Crippen LogP contribution < -0.4 is 10.6 Å². The van der Waals surface area contributed by atoms with Gasteiger partial charge in [0.15, 0.2) is 0 Å². The molecule has 0 aliphatic carbocycles. The van der Waals surface area contributed by atoms with Gasteiger partial charge in [-0.2, -0.15) is 0 Å². The molecule has 0 aromatic heterocycles. The number of ether oxygens (including phenoxy) is 2. The van der Waals surface area contributed by atoms with Crippen molar-refractivity contribution in [3.05, 3.63) is 34.9 Å². The molecule has 1 aromatic carbocycles. The number of nitrogens with zero attached hydrogens (tertiary/aromatic N) is 1. The molecule has 0 fully saturated rings. The summed E-state index contributed by atoms with van der Waals surface area (Å²) in [6, 6.07) is 3.54. The largest absolute Gasteiger partial charge is 0.468 e. The van der Waals surface area contributed by atoms with Crippen molar-refractivity contribution in [2.45, 2.75) is 85.5 Å². The molecule has 0 aliphatic heterocycles. The van der Waals surface area contributed by atoms with Crippen LogP contribution in [0.4, 0.5) is 4.79 Å². The van der Waals surface area contributed by atoms with Crippen molar-refractivity contribution >= 4 is 23.9 Å². The van der Waals surface area contributed by atoms with Crippen molar-refractivity contribution < 1.29 is 28.7 Å². The van der Waals surface area contributed by atoms with E-state index in [-0.39, 0.29) is 6.54 Å². The normalized spacial score (nSPS) is 13.4. The van der Waals surface area contributed by atoms with Crippen LogP contribution in [0.3, 0.4) is 0 Å². The number of aryl methyl sites for hydroxylation is 2. The molecule has 1 rings (SSSR count). The molecule has 0 saturated heterocycles. The highest BCUT2D eigenvalue weighted by atomic mass is 16.6. The first-order valence-electron chi connectivity index (χ1n) is 11.2. The second kappa shape index (κ2) is 11.4. The van der Waals surface area contributed by atoms with Crippen molar-refractivity contribution in [1.82, 2.24) is 15.5 Å². The molecular formula is C25H39N3O6. The Bertz CT molecular complexity index is 914. The zero-order valence-corrected chi connectivity index (χ0v) is 22.0. The van der Waals surface area contributed by atoms with Gasteiger partial charge in [0.1, 0.15) is 24.2 Å². The molecule has 2 atom stereocenters. The van der Waals surface area contributed by atoms with Crippen molar-refractivity contribution in [1.29, 1.82) is 0 Å². The van der Waals surface area contributed by atoms with Crippen LogP contribution in [0.2, 0.25) is 0 Å². The second-order valence-corrected chi connectivity index (χ2v) is 10.3. The van der Waals surface area contributed by atoms with Gasteiger partial charge in [-0.05, 0) is 73.4 Å². The first kappa shape index (κ1) is 28.9.